The molecule has 0 N–H and O–H groups in total. The third-order valence-electron chi connectivity index (χ3n) is 5.35. The van der Waals surface area contributed by atoms with Gasteiger partial charge >= 0.3 is 0 Å². The quantitative estimate of drug-likeness (QED) is 0.282. The van der Waals surface area contributed by atoms with Gasteiger partial charge in [-0.15, -0.1) is 10.2 Å². The summed E-state index contributed by atoms with van der Waals surface area (Å²) in [5.74, 6) is -0.0190. The van der Waals surface area contributed by atoms with Crippen molar-refractivity contribution in [1.29, 1.82) is 0 Å². The second-order valence-corrected chi connectivity index (χ2v) is 8.32. The average molecular weight is 475 g/mol. The van der Waals surface area contributed by atoms with Gasteiger partial charge in [0.2, 0.25) is 0 Å². The molecule has 3 aromatic carbocycles. The molecule has 0 aliphatic carbocycles. The van der Waals surface area contributed by atoms with Gasteiger partial charge in [0, 0.05) is 5.56 Å². The van der Waals surface area contributed by atoms with E-state index in [2.05, 4.69) is 10.2 Å². The maximum Gasteiger partial charge on any atom is 0.262 e. The van der Waals surface area contributed by atoms with E-state index in [1.54, 1.807) is 47.0 Å². The zero-order valence-electron chi connectivity index (χ0n) is 18.1. The van der Waals surface area contributed by atoms with Crippen LogP contribution < -0.4 is 4.74 Å². The van der Waals surface area contributed by atoms with E-state index in [0.29, 0.717) is 40.0 Å². The Hall–Kier alpha value is -3.98. The molecule has 2 heterocycles. The molecular formula is C25H19FN4O3S. The lowest BCUT2D eigenvalue weighted by atomic mass is 10.1. The molecule has 34 heavy (non-hydrogen) atoms. The van der Waals surface area contributed by atoms with Crippen molar-refractivity contribution in [2.24, 2.45) is 0 Å². The number of ether oxygens (including phenoxy) is 1. The number of aromatic nitrogens is 3. The predicted molar refractivity (Wildman–Crippen MR) is 126 cm³/mol. The van der Waals surface area contributed by atoms with Gasteiger partial charge in [0.15, 0.2) is 11.0 Å². The van der Waals surface area contributed by atoms with Crippen LogP contribution in [-0.2, 0) is 0 Å². The number of imide groups is 1. The summed E-state index contributed by atoms with van der Waals surface area (Å²) in [7, 11) is 0. The minimum atomic E-state index is -0.447. The van der Waals surface area contributed by atoms with Gasteiger partial charge in [0.1, 0.15) is 11.6 Å². The van der Waals surface area contributed by atoms with Crippen LogP contribution in [0.15, 0.2) is 78.0 Å². The molecule has 0 unspecified atom stereocenters. The normalized spacial score (nSPS) is 12.8. The lowest BCUT2D eigenvalue weighted by molar-refractivity contribution is 0.0684. The van der Waals surface area contributed by atoms with Crippen molar-refractivity contribution in [3.05, 3.63) is 89.7 Å². The zero-order valence-corrected chi connectivity index (χ0v) is 19.0. The first kappa shape index (κ1) is 21.8. The Balaban J connectivity index is 1.49. The van der Waals surface area contributed by atoms with Crippen LogP contribution in [0.1, 0.15) is 27.6 Å². The SMILES string of the molecule is CCOc1ccc(-c2nnc(SCN3C(=O)c4ccccc4C3=O)n2-c2ccccc2F)cc1. The summed E-state index contributed by atoms with van der Waals surface area (Å²) in [6.45, 7) is 2.45. The molecule has 0 bridgehead atoms. The Bertz CT molecular complexity index is 1350. The summed E-state index contributed by atoms with van der Waals surface area (Å²) < 4.78 is 21.9. The van der Waals surface area contributed by atoms with Crippen LogP contribution in [0.2, 0.25) is 0 Å². The second-order valence-electron chi connectivity index (χ2n) is 7.41. The number of thioether (sulfide) groups is 1. The van der Waals surface area contributed by atoms with E-state index >= 15 is 0 Å². The Morgan fingerprint density at radius 2 is 1.53 bits per heavy atom. The van der Waals surface area contributed by atoms with Gasteiger partial charge in [-0.1, -0.05) is 36.0 Å². The first-order valence-corrected chi connectivity index (χ1v) is 11.6. The summed E-state index contributed by atoms with van der Waals surface area (Å²) in [6, 6.07) is 20.3. The topological polar surface area (TPSA) is 77.3 Å². The number of benzene rings is 3. The van der Waals surface area contributed by atoms with E-state index in [0.717, 1.165) is 16.7 Å². The highest BCUT2D eigenvalue weighted by Gasteiger charge is 2.35. The summed E-state index contributed by atoms with van der Waals surface area (Å²) in [5.41, 5.74) is 1.73. The van der Waals surface area contributed by atoms with Gasteiger partial charge in [-0.2, -0.15) is 0 Å². The van der Waals surface area contributed by atoms with E-state index in [4.69, 9.17) is 4.74 Å². The molecular weight excluding hydrogens is 455 g/mol. The number of carbonyl (C=O) groups excluding carboxylic acids is 2. The number of nitrogens with zero attached hydrogens (tertiary/aromatic N) is 4. The molecule has 5 rings (SSSR count). The van der Waals surface area contributed by atoms with Crippen LogP contribution in [0.3, 0.4) is 0 Å². The molecule has 4 aromatic rings. The number of carbonyl (C=O) groups is 2. The maximum absolute atomic E-state index is 14.8. The summed E-state index contributed by atoms with van der Waals surface area (Å²) in [5, 5.41) is 8.91. The van der Waals surface area contributed by atoms with Gasteiger partial charge in [0.05, 0.1) is 29.3 Å². The molecule has 0 fully saturated rings. The highest BCUT2D eigenvalue weighted by molar-refractivity contribution is 7.99. The molecule has 0 atom stereocenters. The molecule has 7 nitrogen and oxygen atoms in total. The van der Waals surface area contributed by atoms with E-state index in [1.165, 1.54) is 6.07 Å². The Kier molecular flexibility index (Phi) is 5.85. The van der Waals surface area contributed by atoms with E-state index in [9.17, 15) is 14.0 Å². The van der Waals surface area contributed by atoms with Crippen LogP contribution in [-0.4, -0.2) is 44.0 Å². The number of hydrogen-bond donors (Lipinski definition) is 0. The molecule has 1 aromatic heterocycles. The number of fused-ring (bicyclic) bond motifs is 1. The number of rotatable bonds is 7. The van der Waals surface area contributed by atoms with Gasteiger partial charge in [-0.25, -0.2) is 4.39 Å². The fourth-order valence-corrected chi connectivity index (χ4v) is 4.64. The third-order valence-corrected chi connectivity index (χ3v) is 6.26. The summed E-state index contributed by atoms with van der Waals surface area (Å²) in [4.78, 5) is 26.6. The highest BCUT2D eigenvalue weighted by atomic mass is 32.2. The number of amides is 2. The molecule has 0 saturated carbocycles. The zero-order chi connectivity index (χ0) is 23.7. The summed E-state index contributed by atoms with van der Waals surface area (Å²) >= 11 is 1.13. The molecule has 0 saturated heterocycles. The minimum absolute atomic E-state index is 0.0161. The Morgan fingerprint density at radius 3 is 2.18 bits per heavy atom. The average Bonchev–Trinajstić information content (AvgIpc) is 3.38. The lowest BCUT2D eigenvalue weighted by Crippen LogP contribution is -2.29. The van der Waals surface area contributed by atoms with Crippen LogP contribution in [0.25, 0.3) is 17.1 Å². The number of para-hydroxylation sites is 1. The predicted octanol–water partition coefficient (Wildman–Crippen LogP) is 4.82. The van der Waals surface area contributed by atoms with E-state index < -0.39 is 5.82 Å². The minimum Gasteiger partial charge on any atom is -0.494 e. The van der Waals surface area contributed by atoms with E-state index in [-0.39, 0.29) is 23.4 Å². The number of halogens is 1. The van der Waals surface area contributed by atoms with Crippen molar-refractivity contribution < 1.29 is 18.7 Å². The standard InChI is InChI=1S/C25H19FN4O3S/c1-2-33-17-13-11-16(12-14-17)22-27-28-25(30(22)21-10-6-5-9-20(21)26)34-15-29-23(31)18-7-3-4-8-19(18)24(29)32/h3-14H,2,15H2,1H3. The maximum atomic E-state index is 14.8. The molecule has 2 amide bonds. The van der Waals surface area contributed by atoms with Crippen molar-refractivity contribution in [2.45, 2.75) is 12.1 Å². The Labute approximate surface area is 199 Å². The van der Waals surface area contributed by atoms with Gasteiger partial charge in [-0.3, -0.25) is 19.1 Å². The monoisotopic (exact) mass is 474 g/mol. The van der Waals surface area contributed by atoms with Crippen LogP contribution in [0, 0.1) is 5.82 Å². The van der Waals surface area contributed by atoms with Crippen molar-refractivity contribution in [3.63, 3.8) is 0 Å². The molecule has 1 aliphatic heterocycles. The van der Waals surface area contributed by atoms with E-state index in [1.807, 2.05) is 31.2 Å². The lowest BCUT2D eigenvalue weighted by Gasteiger charge is -2.15. The van der Waals surface area contributed by atoms with Crippen molar-refractivity contribution >= 4 is 23.6 Å². The fourth-order valence-electron chi connectivity index (χ4n) is 3.75. The molecule has 9 heteroatoms. The molecule has 170 valence electrons. The summed E-state index contributed by atoms with van der Waals surface area (Å²) in [6.07, 6.45) is 0. The van der Waals surface area contributed by atoms with Gasteiger partial charge < -0.3 is 4.74 Å². The van der Waals surface area contributed by atoms with Crippen LogP contribution in [0.5, 0.6) is 5.75 Å². The first-order chi connectivity index (χ1) is 16.6. The van der Waals surface area contributed by atoms with Gasteiger partial charge in [0.25, 0.3) is 11.8 Å². The third kappa shape index (κ3) is 3.84. The highest BCUT2D eigenvalue weighted by Crippen LogP contribution is 2.32. The molecule has 1 aliphatic rings. The smallest absolute Gasteiger partial charge is 0.262 e. The first-order valence-electron chi connectivity index (χ1n) is 10.6. The molecule has 0 radical (unpaired) electrons. The Morgan fingerprint density at radius 1 is 0.882 bits per heavy atom. The van der Waals surface area contributed by atoms with Gasteiger partial charge in [-0.05, 0) is 55.5 Å². The van der Waals surface area contributed by atoms with Crippen LogP contribution >= 0.6 is 11.8 Å². The fraction of sp³-hybridized carbons (Fsp3) is 0.120. The van der Waals surface area contributed by atoms with Crippen molar-refractivity contribution in [1.82, 2.24) is 19.7 Å². The van der Waals surface area contributed by atoms with Crippen LogP contribution in [0.4, 0.5) is 4.39 Å². The number of hydrogen-bond acceptors (Lipinski definition) is 6. The second kappa shape index (κ2) is 9.11. The van der Waals surface area contributed by atoms with Crippen molar-refractivity contribution in [3.8, 4) is 22.8 Å². The van der Waals surface area contributed by atoms with Crippen molar-refractivity contribution in [2.75, 3.05) is 12.5 Å². The largest absolute Gasteiger partial charge is 0.494 e. The molecule has 0 spiro atoms.